The predicted molar refractivity (Wildman–Crippen MR) is 65.0 cm³/mol. The third-order valence-corrected chi connectivity index (χ3v) is 1.52. The lowest BCUT2D eigenvalue weighted by Gasteiger charge is -2.09. The third kappa shape index (κ3) is 6.69. The molecule has 0 heterocycles. The van der Waals surface area contributed by atoms with Crippen LogP contribution in [0.1, 0.15) is 13.8 Å². The van der Waals surface area contributed by atoms with Gasteiger partial charge in [-0.05, 0) is 26.2 Å². The second-order valence-corrected chi connectivity index (χ2v) is 3.15. The fourth-order valence-electron chi connectivity index (χ4n) is 1.01. The molecule has 0 aromatic heterocycles. The molecular formula is C12H20N2O. The molecule has 0 unspecified atom stereocenters. The van der Waals surface area contributed by atoms with Crippen molar-refractivity contribution in [1.82, 2.24) is 4.90 Å². The molecule has 0 radical (unpaired) electrons. The molecule has 1 aromatic rings. The van der Waals surface area contributed by atoms with Gasteiger partial charge < -0.3 is 10.2 Å². The van der Waals surface area contributed by atoms with Crippen LogP contribution < -0.4 is 5.32 Å². The Bertz CT molecular complexity index is 270. The van der Waals surface area contributed by atoms with Gasteiger partial charge >= 0.3 is 0 Å². The van der Waals surface area contributed by atoms with Crippen molar-refractivity contribution in [2.45, 2.75) is 13.8 Å². The average molecular weight is 208 g/mol. The van der Waals surface area contributed by atoms with Gasteiger partial charge in [-0.1, -0.05) is 32.0 Å². The number of hydrogen-bond acceptors (Lipinski definition) is 2. The minimum absolute atomic E-state index is 0.0104. The van der Waals surface area contributed by atoms with E-state index in [0.717, 1.165) is 5.69 Å². The number of para-hydroxylation sites is 1. The molecule has 0 aliphatic carbocycles. The van der Waals surface area contributed by atoms with Crippen molar-refractivity contribution in [2.75, 3.05) is 26.0 Å². The first-order chi connectivity index (χ1) is 7.18. The Labute approximate surface area is 92.1 Å². The lowest BCUT2D eigenvalue weighted by Crippen LogP contribution is -2.26. The first kappa shape index (κ1) is 13.7. The SMILES string of the molecule is CC.CN(C)CC(=O)Nc1ccccc1. The average Bonchev–Trinajstić information content (AvgIpc) is 2.21. The molecular weight excluding hydrogens is 188 g/mol. The molecule has 15 heavy (non-hydrogen) atoms. The molecule has 0 fully saturated rings. The quantitative estimate of drug-likeness (QED) is 0.826. The van der Waals surface area contributed by atoms with Crippen LogP contribution in [0.3, 0.4) is 0 Å². The van der Waals surface area contributed by atoms with Crippen LogP contribution >= 0.6 is 0 Å². The minimum atomic E-state index is 0.0104. The molecule has 0 spiro atoms. The summed E-state index contributed by atoms with van der Waals surface area (Å²) in [6.45, 7) is 4.41. The van der Waals surface area contributed by atoms with Gasteiger partial charge in [-0.15, -0.1) is 0 Å². The van der Waals surface area contributed by atoms with E-state index in [1.54, 1.807) is 0 Å². The zero-order chi connectivity index (χ0) is 11.7. The predicted octanol–water partition coefficient (Wildman–Crippen LogP) is 2.21. The van der Waals surface area contributed by atoms with Gasteiger partial charge in [0, 0.05) is 5.69 Å². The summed E-state index contributed by atoms with van der Waals surface area (Å²) in [4.78, 5) is 13.1. The summed E-state index contributed by atoms with van der Waals surface area (Å²) >= 11 is 0. The Morgan fingerprint density at radius 2 is 1.73 bits per heavy atom. The lowest BCUT2D eigenvalue weighted by molar-refractivity contribution is -0.116. The van der Waals surface area contributed by atoms with Crippen LogP contribution in [-0.4, -0.2) is 31.4 Å². The molecule has 0 atom stereocenters. The van der Waals surface area contributed by atoms with E-state index in [1.807, 2.05) is 63.2 Å². The second kappa shape index (κ2) is 8.00. The van der Waals surface area contributed by atoms with Crippen molar-refractivity contribution >= 4 is 11.6 Å². The molecule has 1 amide bonds. The topological polar surface area (TPSA) is 32.3 Å². The zero-order valence-electron chi connectivity index (χ0n) is 9.95. The number of nitrogens with zero attached hydrogens (tertiary/aromatic N) is 1. The van der Waals surface area contributed by atoms with Gasteiger partial charge in [0.05, 0.1) is 6.54 Å². The van der Waals surface area contributed by atoms with Gasteiger partial charge in [0.15, 0.2) is 0 Å². The normalized spacial score (nSPS) is 9.13. The van der Waals surface area contributed by atoms with E-state index >= 15 is 0 Å². The third-order valence-electron chi connectivity index (χ3n) is 1.52. The van der Waals surface area contributed by atoms with Crippen molar-refractivity contribution in [3.05, 3.63) is 30.3 Å². The van der Waals surface area contributed by atoms with E-state index in [9.17, 15) is 4.79 Å². The molecule has 3 heteroatoms. The summed E-state index contributed by atoms with van der Waals surface area (Å²) in [5, 5.41) is 2.79. The zero-order valence-corrected chi connectivity index (χ0v) is 9.95. The molecule has 0 saturated heterocycles. The lowest BCUT2D eigenvalue weighted by atomic mass is 10.3. The van der Waals surface area contributed by atoms with E-state index in [2.05, 4.69) is 5.32 Å². The van der Waals surface area contributed by atoms with E-state index in [1.165, 1.54) is 0 Å². The molecule has 1 N–H and O–H groups in total. The Kier molecular flexibility index (Phi) is 7.28. The van der Waals surface area contributed by atoms with Gasteiger partial charge in [-0.2, -0.15) is 0 Å². The largest absolute Gasteiger partial charge is 0.325 e. The van der Waals surface area contributed by atoms with Crippen LogP contribution in [0.25, 0.3) is 0 Å². The Balaban J connectivity index is 0.000000921. The van der Waals surface area contributed by atoms with Gasteiger partial charge in [-0.25, -0.2) is 0 Å². The smallest absolute Gasteiger partial charge is 0.238 e. The standard InChI is InChI=1S/C10H14N2O.C2H6/c1-12(2)8-10(13)11-9-6-4-3-5-7-9;1-2/h3-7H,8H2,1-2H3,(H,11,13);1-2H3. The Morgan fingerprint density at radius 1 is 1.20 bits per heavy atom. The van der Waals surface area contributed by atoms with E-state index < -0.39 is 0 Å². The van der Waals surface area contributed by atoms with E-state index in [4.69, 9.17) is 0 Å². The van der Waals surface area contributed by atoms with Gasteiger partial charge in [0.25, 0.3) is 0 Å². The summed E-state index contributed by atoms with van der Waals surface area (Å²) in [7, 11) is 3.73. The minimum Gasteiger partial charge on any atom is -0.325 e. The van der Waals surface area contributed by atoms with Crippen LogP contribution in [0, 0.1) is 0 Å². The summed E-state index contributed by atoms with van der Waals surface area (Å²) in [6.07, 6.45) is 0. The summed E-state index contributed by atoms with van der Waals surface area (Å²) in [5.74, 6) is 0.0104. The van der Waals surface area contributed by atoms with E-state index in [-0.39, 0.29) is 5.91 Å². The van der Waals surface area contributed by atoms with Crippen LogP contribution in [0.4, 0.5) is 5.69 Å². The Hall–Kier alpha value is -1.35. The highest BCUT2D eigenvalue weighted by Crippen LogP contribution is 2.04. The van der Waals surface area contributed by atoms with Gasteiger partial charge in [0.2, 0.25) is 5.91 Å². The first-order valence-electron chi connectivity index (χ1n) is 5.18. The maximum atomic E-state index is 11.3. The highest BCUT2D eigenvalue weighted by molar-refractivity contribution is 5.92. The number of amides is 1. The summed E-state index contributed by atoms with van der Waals surface area (Å²) < 4.78 is 0. The maximum Gasteiger partial charge on any atom is 0.238 e. The number of carbonyl (C=O) groups is 1. The molecule has 0 saturated carbocycles. The number of nitrogens with one attached hydrogen (secondary N) is 1. The van der Waals surface area contributed by atoms with Crippen molar-refractivity contribution in [1.29, 1.82) is 0 Å². The van der Waals surface area contributed by atoms with Gasteiger partial charge in [-0.3, -0.25) is 4.79 Å². The number of hydrogen-bond donors (Lipinski definition) is 1. The van der Waals surface area contributed by atoms with Gasteiger partial charge in [0.1, 0.15) is 0 Å². The molecule has 0 aliphatic heterocycles. The molecule has 1 aromatic carbocycles. The monoisotopic (exact) mass is 208 g/mol. The van der Waals surface area contributed by atoms with E-state index in [0.29, 0.717) is 6.54 Å². The summed E-state index contributed by atoms with van der Waals surface area (Å²) in [6, 6.07) is 9.44. The fourth-order valence-corrected chi connectivity index (χ4v) is 1.01. The second-order valence-electron chi connectivity index (χ2n) is 3.15. The van der Waals surface area contributed by atoms with Crippen molar-refractivity contribution in [2.24, 2.45) is 0 Å². The number of carbonyl (C=O) groups excluding carboxylic acids is 1. The Morgan fingerprint density at radius 3 is 2.20 bits per heavy atom. The molecule has 84 valence electrons. The highest BCUT2D eigenvalue weighted by Gasteiger charge is 2.01. The molecule has 3 nitrogen and oxygen atoms in total. The van der Waals surface area contributed by atoms with Crippen molar-refractivity contribution in [3.63, 3.8) is 0 Å². The number of rotatable bonds is 3. The van der Waals surface area contributed by atoms with Crippen LogP contribution in [0.5, 0.6) is 0 Å². The first-order valence-corrected chi connectivity index (χ1v) is 5.18. The van der Waals surface area contributed by atoms with Crippen molar-refractivity contribution in [3.8, 4) is 0 Å². The molecule has 1 rings (SSSR count). The molecule has 0 bridgehead atoms. The number of likely N-dealkylation sites (N-methyl/N-ethyl adjacent to an activating group) is 1. The highest BCUT2D eigenvalue weighted by atomic mass is 16.2. The summed E-state index contributed by atoms with van der Waals surface area (Å²) in [5.41, 5.74) is 0.842. The maximum absolute atomic E-state index is 11.3. The van der Waals surface area contributed by atoms with Crippen LogP contribution in [0.15, 0.2) is 30.3 Å². The molecule has 0 aliphatic rings. The van der Waals surface area contributed by atoms with Crippen molar-refractivity contribution < 1.29 is 4.79 Å². The number of anilines is 1. The van der Waals surface area contributed by atoms with Crippen LogP contribution in [-0.2, 0) is 4.79 Å². The fraction of sp³-hybridized carbons (Fsp3) is 0.417. The number of benzene rings is 1. The van der Waals surface area contributed by atoms with Crippen LogP contribution in [0.2, 0.25) is 0 Å².